The summed E-state index contributed by atoms with van der Waals surface area (Å²) >= 11 is 0. The van der Waals surface area contributed by atoms with Crippen LogP contribution in [0.2, 0.25) is 0 Å². The summed E-state index contributed by atoms with van der Waals surface area (Å²) in [6.45, 7) is 6.32. The monoisotopic (exact) mass is 400 g/mol. The Bertz CT molecular complexity index is 463. The third kappa shape index (κ3) is 18.0. The number of carbonyl (C=O) groups is 2. The van der Waals surface area contributed by atoms with Crippen LogP contribution < -0.4 is 69.3 Å². The molecule has 0 heterocycles. The topological polar surface area (TPSA) is 155 Å². The molecule has 0 bridgehead atoms. The molecule has 0 saturated heterocycles. The second-order valence-corrected chi connectivity index (χ2v) is 6.89. The fraction of sp³-hybridized carbons (Fsp3) is 0.857. The molecule has 0 aliphatic heterocycles. The second kappa shape index (κ2) is 16.9. The number of aliphatic hydroxyl groups is 1. The van der Waals surface area contributed by atoms with Gasteiger partial charge in [-0.2, -0.15) is 8.42 Å². The van der Waals surface area contributed by atoms with Crippen LogP contribution in [0.25, 0.3) is 0 Å². The first-order chi connectivity index (χ1) is 10.4. The largest absolute Gasteiger partial charge is 1.00 e. The van der Waals surface area contributed by atoms with E-state index in [0.717, 1.165) is 19.3 Å². The van der Waals surface area contributed by atoms with Crippen molar-refractivity contribution in [2.75, 3.05) is 0 Å². The van der Waals surface area contributed by atoms with Gasteiger partial charge in [0.1, 0.15) is 5.25 Å². The Balaban J connectivity index is -0.000000164. The SMILES string of the molecule is CCCCCC(O)(CC)CC.O=C([O-])CC(C(=O)[O-])S(=O)(=O)O.[Na+].[Na+]. The first-order valence-electron chi connectivity index (χ1n) is 7.52. The Morgan fingerprint density at radius 1 is 1.04 bits per heavy atom. The van der Waals surface area contributed by atoms with Crippen LogP contribution in [-0.4, -0.2) is 40.9 Å². The maximum atomic E-state index is 10.2. The molecule has 2 N–H and O–H groups in total. The van der Waals surface area contributed by atoms with Gasteiger partial charge in [0.05, 0.1) is 11.6 Å². The summed E-state index contributed by atoms with van der Waals surface area (Å²) in [5.41, 5.74) is -0.366. The summed E-state index contributed by atoms with van der Waals surface area (Å²) in [5, 5.41) is 27.1. The summed E-state index contributed by atoms with van der Waals surface area (Å²) < 4.78 is 28.5. The molecule has 8 nitrogen and oxygen atoms in total. The summed E-state index contributed by atoms with van der Waals surface area (Å²) in [5.74, 6) is -4.08. The van der Waals surface area contributed by atoms with E-state index < -0.39 is 33.7 Å². The van der Waals surface area contributed by atoms with Crippen molar-refractivity contribution in [3.63, 3.8) is 0 Å². The third-order valence-electron chi connectivity index (χ3n) is 3.54. The van der Waals surface area contributed by atoms with Gasteiger partial charge in [0.25, 0.3) is 10.1 Å². The van der Waals surface area contributed by atoms with Crippen LogP contribution in [0, 0.1) is 0 Å². The molecule has 1 unspecified atom stereocenters. The van der Waals surface area contributed by atoms with Crippen LogP contribution in [0.4, 0.5) is 0 Å². The molecular formula is C14H26Na2O8S. The van der Waals surface area contributed by atoms with E-state index in [1.54, 1.807) is 0 Å². The van der Waals surface area contributed by atoms with Gasteiger partial charge >= 0.3 is 59.1 Å². The molecule has 0 radical (unpaired) electrons. The molecule has 0 amide bonds. The van der Waals surface area contributed by atoms with Gasteiger partial charge in [0.2, 0.25) is 0 Å². The van der Waals surface area contributed by atoms with Crippen LogP contribution >= 0.6 is 0 Å². The van der Waals surface area contributed by atoms with Gasteiger partial charge in [0.15, 0.2) is 0 Å². The minimum atomic E-state index is -4.94. The molecular weight excluding hydrogens is 374 g/mol. The molecule has 0 aromatic carbocycles. The smallest absolute Gasteiger partial charge is 0.550 e. The number of rotatable bonds is 10. The van der Waals surface area contributed by atoms with Crippen molar-refractivity contribution in [2.24, 2.45) is 0 Å². The fourth-order valence-corrected chi connectivity index (χ4v) is 2.36. The van der Waals surface area contributed by atoms with E-state index in [-0.39, 0.29) is 64.7 Å². The van der Waals surface area contributed by atoms with Crippen molar-refractivity contribution in [3.8, 4) is 0 Å². The number of aliphatic carboxylic acids is 2. The quantitative estimate of drug-likeness (QED) is 0.208. The van der Waals surface area contributed by atoms with Gasteiger partial charge in [-0.3, -0.25) is 4.55 Å². The van der Waals surface area contributed by atoms with Gasteiger partial charge < -0.3 is 24.9 Å². The predicted molar refractivity (Wildman–Crippen MR) is 79.6 cm³/mol. The molecule has 0 spiro atoms. The van der Waals surface area contributed by atoms with Gasteiger partial charge in [-0.05, 0) is 19.3 Å². The molecule has 1 atom stereocenters. The van der Waals surface area contributed by atoms with E-state index in [4.69, 9.17) is 4.55 Å². The number of hydrogen-bond donors (Lipinski definition) is 2. The van der Waals surface area contributed by atoms with E-state index in [2.05, 4.69) is 20.8 Å². The van der Waals surface area contributed by atoms with Crippen LogP contribution in [0.5, 0.6) is 0 Å². The zero-order chi connectivity index (χ0) is 18.7. The first-order valence-corrected chi connectivity index (χ1v) is 9.03. The molecule has 0 aliphatic rings. The molecule has 0 aromatic heterocycles. The number of unbranched alkanes of at least 4 members (excludes halogenated alkanes) is 2. The molecule has 0 fully saturated rings. The standard InChI is InChI=1S/C10H22O.C4H6O7S.2Na/c1-4-7-8-9-10(11,5-2)6-3;5-3(6)1-2(4(7)8)12(9,10)11;;/h11H,4-9H2,1-3H3;2H,1H2,(H,5,6)(H,7,8)(H,9,10,11);;/q;;2*+1/p-2. The second-order valence-electron chi connectivity index (χ2n) is 5.29. The average molecular weight is 400 g/mol. The van der Waals surface area contributed by atoms with Crippen molar-refractivity contribution < 1.29 is 97.0 Å². The number of hydrogen-bond acceptors (Lipinski definition) is 7. The van der Waals surface area contributed by atoms with Gasteiger partial charge in [-0.15, -0.1) is 0 Å². The normalized spacial score (nSPS) is 11.9. The number of carboxylic acids is 2. The predicted octanol–water partition coefficient (Wildman–Crippen LogP) is -6.74. The van der Waals surface area contributed by atoms with E-state index in [1.165, 1.54) is 19.3 Å². The number of carbonyl (C=O) groups excluding carboxylic acids is 2. The maximum absolute atomic E-state index is 10.2. The fourth-order valence-electron chi connectivity index (χ4n) is 1.77. The zero-order valence-electron chi connectivity index (χ0n) is 15.8. The Labute approximate surface area is 194 Å². The van der Waals surface area contributed by atoms with Crippen LogP contribution in [0.15, 0.2) is 0 Å². The summed E-state index contributed by atoms with van der Waals surface area (Å²) in [4.78, 5) is 19.7. The van der Waals surface area contributed by atoms with Gasteiger partial charge in [-0.25, -0.2) is 0 Å². The van der Waals surface area contributed by atoms with Crippen molar-refractivity contribution in [1.29, 1.82) is 0 Å². The Morgan fingerprint density at radius 3 is 1.68 bits per heavy atom. The van der Waals surface area contributed by atoms with Gasteiger partial charge in [0, 0.05) is 12.4 Å². The Hall–Kier alpha value is 0.810. The minimum absolute atomic E-state index is 0. The Kier molecular flexibility index (Phi) is 22.6. The van der Waals surface area contributed by atoms with Gasteiger partial charge in [-0.1, -0.05) is 40.0 Å². The van der Waals surface area contributed by atoms with E-state index in [1.807, 2.05) is 0 Å². The third-order valence-corrected chi connectivity index (χ3v) is 4.61. The van der Waals surface area contributed by atoms with Crippen molar-refractivity contribution in [3.05, 3.63) is 0 Å². The van der Waals surface area contributed by atoms with E-state index in [0.29, 0.717) is 0 Å². The average Bonchev–Trinajstić information content (AvgIpc) is 2.44. The van der Waals surface area contributed by atoms with Crippen molar-refractivity contribution >= 4 is 22.1 Å². The van der Waals surface area contributed by atoms with E-state index in [9.17, 15) is 33.3 Å². The Morgan fingerprint density at radius 2 is 1.48 bits per heavy atom. The molecule has 0 saturated carbocycles. The molecule has 138 valence electrons. The van der Waals surface area contributed by atoms with Crippen molar-refractivity contribution in [1.82, 2.24) is 0 Å². The zero-order valence-corrected chi connectivity index (χ0v) is 20.6. The van der Waals surface area contributed by atoms with Crippen LogP contribution in [-0.2, 0) is 19.7 Å². The summed E-state index contributed by atoms with van der Waals surface area (Å²) in [6.07, 6.45) is 5.11. The van der Waals surface area contributed by atoms with E-state index >= 15 is 0 Å². The summed E-state index contributed by atoms with van der Waals surface area (Å²) in [6, 6.07) is 0. The van der Waals surface area contributed by atoms with Crippen LogP contribution in [0.1, 0.15) is 65.7 Å². The molecule has 0 aromatic rings. The molecule has 11 heteroatoms. The minimum Gasteiger partial charge on any atom is -0.550 e. The molecule has 0 rings (SSSR count). The number of carboxylic acid groups (broad SMARTS) is 2. The summed E-state index contributed by atoms with van der Waals surface area (Å²) in [7, 11) is -4.94. The first kappa shape index (κ1) is 33.4. The molecule has 25 heavy (non-hydrogen) atoms. The van der Waals surface area contributed by atoms with Crippen molar-refractivity contribution in [2.45, 2.75) is 76.6 Å². The maximum Gasteiger partial charge on any atom is 1.00 e. The van der Waals surface area contributed by atoms with Crippen LogP contribution in [0.3, 0.4) is 0 Å². The molecule has 0 aliphatic carbocycles.